The van der Waals surface area contributed by atoms with E-state index < -0.39 is 17.8 Å². The molecule has 39 heavy (non-hydrogen) atoms. The fourth-order valence-electron chi connectivity index (χ4n) is 5.10. The van der Waals surface area contributed by atoms with Gasteiger partial charge in [-0.25, -0.2) is 14.8 Å². The van der Waals surface area contributed by atoms with Crippen LogP contribution in [-0.4, -0.2) is 77.6 Å². The molecule has 1 aliphatic carbocycles. The Morgan fingerprint density at radius 2 is 1.77 bits per heavy atom. The zero-order valence-corrected chi connectivity index (χ0v) is 22.3. The highest BCUT2D eigenvalue weighted by Gasteiger charge is 2.37. The fourth-order valence-corrected chi connectivity index (χ4v) is 5.10. The number of hydrogen-bond acceptors (Lipinski definition) is 7. The van der Waals surface area contributed by atoms with Crippen LogP contribution in [0.4, 0.5) is 29.6 Å². The third-order valence-electron chi connectivity index (χ3n) is 7.29. The number of nitrogens with one attached hydrogen (secondary N) is 2. The van der Waals surface area contributed by atoms with Crippen LogP contribution in [0, 0.1) is 5.92 Å². The summed E-state index contributed by atoms with van der Waals surface area (Å²) in [5, 5.41) is 5.77. The number of hydrogen-bond donors (Lipinski definition) is 2. The number of rotatable bonds is 7. The van der Waals surface area contributed by atoms with Gasteiger partial charge in [0.1, 0.15) is 0 Å². The van der Waals surface area contributed by atoms with Gasteiger partial charge in [0.2, 0.25) is 5.95 Å². The van der Waals surface area contributed by atoms with Crippen LogP contribution in [0.25, 0.3) is 0 Å². The van der Waals surface area contributed by atoms with Crippen LogP contribution in [0.2, 0.25) is 0 Å². The third kappa shape index (κ3) is 7.59. The summed E-state index contributed by atoms with van der Waals surface area (Å²) in [5.74, 6) is -0.241. The number of benzene rings is 1. The number of ether oxygens (including phenoxy) is 1. The molecular formula is C27H35F3N6O3. The molecule has 2 aliphatic rings. The Morgan fingerprint density at radius 1 is 1.08 bits per heavy atom. The lowest BCUT2D eigenvalue weighted by atomic mass is 9.81. The Kier molecular flexibility index (Phi) is 9.26. The minimum atomic E-state index is -4.61. The predicted molar refractivity (Wildman–Crippen MR) is 140 cm³/mol. The van der Waals surface area contributed by atoms with Crippen molar-refractivity contribution in [3.63, 3.8) is 0 Å². The molecule has 0 unspecified atom stereocenters. The molecule has 0 radical (unpaired) electrons. The number of likely N-dealkylation sites (N-methyl/N-ethyl adjacent to an activating group) is 1. The zero-order chi connectivity index (χ0) is 28.0. The average Bonchev–Trinajstić information content (AvgIpc) is 2.90. The number of alkyl carbamates (subject to hydrolysis) is 1. The number of amides is 2. The largest absolute Gasteiger partial charge is 0.450 e. The molecule has 1 aliphatic heterocycles. The summed E-state index contributed by atoms with van der Waals surface area (Å²) in [6, 6.07) is 6.44. The predicted octanol–water partition coefficient (Wildman–Crippen LogP) is 4.47. The van der Waals surface area contributed by atoms with Crippen LogP contribution in [-0.2, 0) is 17.3 Å². The molecule has 0 bridgehead atoms. The Bertz CT molecular complexity index is 1140. The smallest absolute Gasteiger partial charge is 0.419 e. The molecule has 1 saturated heterocycles. The van der Waals surface area contributed by atoms with Crippen molar-refractivity contribution in [1.29, 1.82) is 0 Å². The van der Waals surface area contributed by atoms with Gasteiger partial charge in [0.25, 0.3) is 5.91 Å². The van der Waals surface area contributed by atoms with Crippen molar-refractivity contribution in [2.45, 2.75) is 51.2 Å². The SMILES string of the molecule is CCOC(=O)N[C@H]1CCCC[C@H]1Cc1nc(Nc2ccc(C(=O)N3CCN(C)CC3)cc2)ncc1C(F)(F)F. The molecule has 12 heteroatoms. The summed E-state index contributed by atoms with van der Waals surface area (Å²) < 4.78 is 46.5. The lowest BCUT2D eigenvalue weighted by Crippen LogP contribution is -2.47. The van der Waals surface area contributed by atoms with Gasteiger partial charge < -0.3 is 25.2 Å². The van der Waals surface area contributed by atoms with Gasteiger partial charge in [0, 0.05) is 49.7 Å². The van der Waals surface area contributed by atoms with E-state index in [1.807, 2.05) is 11.9 Å². The van der Waals surface area contributed by atoms with Crippen molar-refractivity contribution in [2.75, 3.05) is 45.2 Å². The summed E-state index contributed by atoms with van der Waals surface area (Å²) in [7, 11) is 2.02. The molecule has 2 heterocycles. The molecule has 212 valence electrons. The number of nitrogens with zero attached hydrogens (tertiary/aromatic N) is 4. The van der Waals surface area contributed by atoms with Crippen molar-refractivity contribution in [1.82, 2.24) is 25.1 Å². The summed E-state index contributed by atoms with van der Waals surface area (Å²) in [6.45, 7) is 4.87. The third-order valence-corrected chi connectivity index (χ3v) is 7.29. The first-order chi connectivity index (χ1) is 18.6. The van der Waals surface area contributed by atoms with Gasteiger partial charge in [-0.1, -0.05) is 12.8 Å². The molecular weight excluding hydrogens is 513 g/mol. The van der Waals surface area contributed by atoms with E-state index in [4.69, 9.17) is 4.74 Å². The summed E-state index contributed by atoms with van der Waals surface area (Å²) in [5.41, 5.74) is 0.0813. The molecule has 2 aromatic rings. The number of halogens is 3. The Balaban J connectivity index is 1.48. The first-order valence-corrected chi connectivity index (χ1v) is 13.4. The van der Waals surface area contributed by atoms with Gasteiger partial charge in [-0.2, -0.15) is 13.2 Å². The molecule has 0 spiro atoms. The maximum atomic E-state index is 13.8. The van der Waals surface area contributed by atoms with Crippen LogP contribution in [0.1, 0.15) is 54.2 Å². The van der Waals surface area contributed by atoms with Crippen molar-refractivity contribution in [3.8, 4) is 0 Å². The van der Waals surface area contributed by atoms with Crippen LogP contribution >= 0.6 is 0 Å². The Labute approximate surface area is 226 Å². The second-order valence-corrected chi connectivity index (χ2v) is 10.1. The monoisotopic (exact) mass is 548 g/mol. The second-order valence-electron chi connectivity index (χ2n) is 10.1. The molecule has 2 atom stereocenters. The number of anilines is 2. The van der Waals surface area contributed by atoms with Crippen LogP contribution in [0.15, 0.2) is 30.5 Å². The number of carbonyl (C=O) groups is 2. The first kappa shape index (κ1) is 28.6. The van der Waals surface area contributed by atoms with Crippen molar-refractivity contribution >= 4 is 23.6 Å². The van der Waals surface area contributed by atoms with E-state index >= 15 is 0 Å². The number of aromatic nitrogens is 2. The summed E-state index contributed by atoms with van der Waals surface area (Å²) in [6.07, 6.45) is -1.26. The Morgan fingerprint density at radius 3 is 2.44 bits per heavy atom. The number of carbonyl (C=O) groups excluding carboxylic acids is 2. The van der Waals surface area contributed by atoms with E-state index in [1.165, 1.54) is 0 Å². The van der Waals surface area contributed by atoms with E-state index in [9.17, 15) is 22.8 Å². The fraction of sp³-hybridized carbons (Fsp3) is 0.556. The van der Waals surface area contributed by atoms with E-state index in [-0.39, 0.29) is 42.5 Å². The lowest BCUT2D eigenvalue weighted by molar-refractivity contribution is -0.138. The van der Waals surface area contributed by atoms with Crippen LogP contribution in [0.5, 0.6) is 0 Å². The van der Waals surface area contributed by atoms with E-state index in [1.54, 1.807) is 31.2 Å². The second kappa shape index (κ2) is 12.6. The molecule has 4 rings (SSSR count). The number of alkyl halides is 3. The quantitative estimate of drug-likeness (QED) is 0.527. The van der Waals surface area contributed by atoms with E-state index in [0.29, 0.717) is 37.2 Å². The molecule has 2 amide bonds. The average molecular weight is 549 g/mol. The van der Waals surface area contributed by atoms with Gasteiger partial charge in [-0.15, -0.1) is 0 Å². The van der Waals surface area contributed by atoms with Crippen molar-refractivity contribution in [2.24, 2.45) is 5.92 Å². The van der Waals surface area contributed by atoms with Crippen LogP contribution in [0.3, 0.4) is 0 Å². The van der Waals surface area contributed by atoms with Crippen molar-refractivity contribution < 1.29 is 27.5 Å². The topological polar surface area (TPSA) is 99.7 Å². The standard InChI is InChI=1S/C27H35F3N6O3/c1-3-39-26(38)34-22-7-5-4-6-19(22)16-23-21(27(28,29)30)17-31-25(33-23)32-20-10-8-18(9-11-20)24(37)36-14-12-35(2)13-15-36/h8-11,17,19,22H,3-7,12-16H2,1-2H3,(H,34,38)(H,31,32,33)/t19-,22-/m0/s1. The molecule has 1 aromatic heterocycles. The number of piperazine rings is 1. The molecule has 1 aromatic carbocycles. The summed E-state index contributed by atoms with van der Waals surface area (Å²) >= 11 is 0. The van der Waals surface area contributed by atoms with Gasteiger partial charge >= 0.3 is 12.3 Å². The zero-order valence-electron chi connectivity index (χ0n) is 22.3. The molecule has 9 nitrogen and oxygen atoms in total. The highest BCUT2D eigenvalue weighted by molar-refractivity contribution is 5.94. The summed E-state index contributed by atoms with van der Waals surface area (Å²) in [4.78, 5) is 36.9. The normalized spacial score (nSPS) is 20.4. The van der Waals surface area contributed by atoms with Gasteiger partial charge in [-0.3, -0.25) is 4.79 Å². The van der Waals surface area contributed by atoms with E-state index in [2.05, 4.69) is 25.5 Å². The molecule has 2 fully saturated rings. The van der Waals surface area contributed by atoms with Crippen molar-refractivity contribution in [3.05, 3.63) is 47.3 Å². The molecule has 2 N–H and O–H groups in total. The van der Waals surface area contributed by atoms with Gasteiger partial charge in [-0.05, 0) is 63.4 Å². The lowest BCUT2D eigenvalue weighted by Gasteiger charge is -2.32. The first-order valence-electron chi connectivity index (χ1n) is 13.4. The molecule has 1 saturated carbocycles. The van der Waals surface area contributed by atoms with Gasteiger partial charge in [0.15, 0.2) is 0 Å². The highest BCUT2D eigenvalue weighted by atomic mass is 19.4. The van der Waals surface area contributed by atoms with Gasteiger partial charge in [0.05, 0.1) is 17.9 Å². The Hall–Kier alpha value is -3.41. The maximum absolute atomic E-state index is 13.8. The highest BCUT2D eigenvalue weighted by Crippen LogP contribution is 2.35. The minimum absolute atomic E-state index is 0.0295. The maximum Gasteiger partial charge on any atom is 0.419 e. The van der Waals surface area contributed by atoms with E-state index in [0.717, 1.165) is 32.1 Å². The minimum Gasteiger partial charge on any atom is -0.450 e. The van der Waals surface area contributed by atoms with Crippen LogP contribution < -0.4 is 10.6 Å².